The molecule has 3 aromatic carbocycles. The summed E-state index contributed by atoms with van der Waals surface area (Å²) in [5.74, 6) is 2.59. The number of aliphatic hydroxyl groups is 1. The molecule has 0 bridgehead atoms. The first-order valence-corrected chi connectivity index (χ1v) is 13.1. The summed E-state index contributed by atoms with van der Waals surface area (Å²) in [6.45, 7) is 8.32. The van der Waals surface area contributed by atoms with Gasteiger partial charge in [0.05, 0.1) is 20.3 Å². The SMILES string of the molecule is COc1ccc2c(c1)OC(C)(C)[C@@H](c1ccccc1)[C@@H]2c1ccc(OC[C@H](O)CN2CCOCC2)cc1. The molecule has 0 aliphatic carbocycles. The summed E-state index contributed by atoms with van der Waals surface area (Å²) < 4.78 is 23.4. The third kappa shape index (κ3) is 5.77. The molecule has 0 aromatic heterocycles. The Kier molecular flexibility index (Phi) is 7.70. The molecule has 6 heteroatoms. The summed E-state index contributed by atoms with van der Waals surface area (Å²) in [5.41, 5.74) is 3.14. The normalized spacial score (nSPS) is 21.9. The second-order valence-electron chi connectivity index (χ2n) is 10.4. The molecule has 6 nitrogen and oxygen atoms in total. The number of methoxy groups -OCH3 is 1. The Morgan fingerprint density at radius 1 is 0.946 bits per heavy atom. The van der Waals surface area contributed by atoms with Crippen molar-refractivity contribution in [3.8, 4) is 17.2 Å². The van der Waals surface area contributed by atoms with Crippen molar-refractivity contribution in [2.75, 3.05) is 46.6 Å². The average Bonchev–Trinajstić information content (AvgIpc) is 2.91. The quantitative estimate of drug-likeness (QED) is 0.474. The molecule has 0 amide bonds. The zero-order chi connectivity index (χ0) is 25.8. The van der Waals surface area contributed by atoms with Gasteiger partial charge in [0.1, 0.15) is 35.6 Å². The fraction of sp³-hybridized carbons (Fsp3) is 0.419. The Labute approximate surface area is 219 Å². The van der Waals surface area contributed by atoms with Crippen LogP contribution in [-0.4, -0.2) is 68.3 Å². The van der Waals surface area contributed by atoms with E-state index in [9.17, 15) is 5.11 Å². The third-order valence-corrected chi connectivity index (χ3v) is 7.42. The number of β-amino-alcohol motifs (C(OH)–C–C–N with tert-alkyl or cyclic N) is 1. The van der Waals surface area contributed by atoms with Crippen molar-refractivity contribution < 1.29 is 24.1 Å². The van der Waals surface area contributed by atoms with Gasteiger partial charge in [-0.2, -0.15) is 0 Å². The summed E-state index contributed by atoms with van der Waals surface area (Å²) >= 11 is 0. The molecule has 0 unspecified atom stereocenters. The summed E-state index contributed by atoms with van der Waals surface area (Å²) in [7, 11) is 1.68. The summed E-state index contributed by atoms with van der Waals surface area (Å²) in [4.78, 5) is 2.21. The first kappa shape index (κ1) is 25.6. The van der Waals surface area contributed by atoms with E-state index >= 15 is 0 Å². The zero-order valence-electron chi connectivity index (χ0n) is 21.9. The van der Waals surface area contributed by atoms with Crippen molar-refractivity contribution in [1.29, 1.82) is 0 Å². The highest BCUT2D eigenvalue weighted by atomic mass is 16.5. The van der Waals surface area contributed by atoms with Gasteiger partial charge < -0.3 is 24.1 Å². The Balaban J connectivity index is 1.39. The van der Waals surface area contributed by atoms with Crippen molar-refractivity contribution in [3.63, 3.8) is 0 Å². The van der Waals surface area contributed by atoms with Crippen LogP contribution in [0.5, 0.6) is 17.2 Å². The zero-order valence-corrected chi connectivity index (χ0v) is 21.9. The van der Waals surface area contributed by atoms with Crippen LogP contribution >= 0.6 is 0 Å². The third-order valence-electron chi connectivity index (χ3n) is 7.42. The highest BCUT2D eigenvalue weighted by molar-refractivity contribution is 5.52. The van der Waals surface area contributed by atoms with Gasteiger partial charge in [-0.1, -0.05) is 48.5 Å². The minimum atomic E-state index is -0.543. The van der Waals surface area contributed by atoms with Crippen molar-refractivity contribution in [3.05, 3.63) is 89.5 Å². The van der Waals surface area contributed by atoms with Crippen molar-refractivity contribution in [1.82, 2.24) is 4.90 Å². The molecule has 0 radical (unpaired) electrons. The van der Waals surface area contributed by atoms with Gasteiger partial charge in [-0.25, -0.2) is 0 Å². The van der Waals surface area contributed by atoms with E-state index in [1.807, 2.05) is 30.3 Å². The second kappa shape index (κ2) is 11.1. The molecule has 1 saturated heterocycles. The van der Waals surface area contributed by atoms with Crippen LogP contribution in [0.3, 0.4) is 0 Å². The molecular formula is C31H37NO5. The van der Waals surface area contributed by atoms with Gasteiger partial charge in [-0.05, 0) is 43.2 Å². The lowest BCUT2D eigenvalue weighted by atomic mass is 9.68. The van der Waals surface area contributed by atoms with Gasteiger partial charge in [-0.3, -0.25) is 4.90 Å². The van der Waals surface area contributed by atoms with E-state index in [1.165, 1.54) is 11.1 Å². The number of fused-ring (bicyclic) bond motifs is 1. The summed E-state index contributed by atoms with van der Waals surface area (Å²) in [6, 6.07) is 25.0. The lowest BCUT2D eigenvalue weighted by Gasteiger charge is -2.45. The Morgan fingerprint density at radius 3 is 2.35 bits per heavy atom. The van der Waals surface area contributed by atoms with Crippen LogP contribution in [0, 0.1) is 0 Å². The van der Waals surface area contributed by atoms with Crippen LogP contribution in [0.25, 0.3) is 0 Å². The fourth-order valence-corrected chi connectivity index (χ4v) is 5.64. The maximum absolute atomic E-state index is 10.5. The van der Waals surface area contributed by atoms with Gasteiger partial charge in [0, 0.05) is 43.1 Å². The van der Waals surface area contributed by atoms with Crippen molar-refractivity contribution in [2.45, 2.75) is 37.4 Å². The number of hydrogen-bond acceptors (Lipinski definition) is 6. The van der Waals surface area contributed by atoms with Gasteiger partial charge >= 0.3 is 0 Å². The van der Waals surface area contributed by atoms with E-state index < -0.39 is 11.7 Å². The van der Waals surface area contributed by atoms with Crippen LogP contribution in [0.1, 0.15) is 42.4 Å². The molecule has 1 N–H and O–H groups in total. The van der Waals surface area contributed by atoms with Gasteiger partial charge in [-0.15, -0.1) is 0 Å². The average molecular weight is 504 g/mol. The highest BCUT2D eigenvalue weighted by Crippen LogP contribution is 2.53. The van der Waals surface area contributed by atoms with Crippen molar-refractivity contribution >= 4 is 0 Å². The number of aliphatic hydroxyl groups excluding tert-OH is 1. The van der Waals surface area contributed by atoms with E-state index in [4.69, 9.17) is 18.9 Å². The predicted octanol–water partition coefficient (Wildman–Crippen LogP) is 4.85. The first-order chi connectivity index (χ1) is 17.9. The van der Waals surface area contributed by atoms with Crippen molar-refractivity contribution in [2.24, 2.45) is 0 Å². The number of morpholine rings is 1. The largest absolute Gasteiger partial charge is 0.497 e. The minimum Gasteiger partial charge on any atom is -0.497 e. The van der Waals surface area contributed by atoms with Crippen LogP contribution in [-0.2, 0) is 4.74 Å². The molecular weight excluding hydrogens is 466 g/mol. The molecule has 37 heavy (non-hydrogen) atoms. The smallest absolute Gasteiger partial charge is 0.127 e. The summed E-state index contributed by atoms with van der Waals surface area (Å²) in [5, 5.41) is 10.5. The number of hydrogen-bond donors (Lipinski definition) is 1. The molecule has 0 saturated carbocycles. The van der Waals surface area contributed by atoms with E-state index in [2.05, 4.69) is 61.2 Å². The molecule has 5 rings (SSSR count). The summed E-state index contributed by atoms with van der Waals surface area (Å²) in [6.07, 6.45) is -0.543. The Morgan fingerprint density at radius 2 is 1.65 bits per heavy atom. The van der Waals surface area contributed by atoms with E-state index in [1.54, 1.807) is 7.11 Å². The number of ether oxygens (including phenoxy) is 4. The lowest BCUT2D eigenvalue weighted by Crippen LogP contribution is -2.43. The molecule has 2 aliphatic heterocycles. The van der Waals surface area contributed by atoms with E-state index in [0.717, 1.165) is 49.1 Å². The molecule has 2 aliphatic rings. The lowest BCUT2D eigenvalue weighted by molar-refractivity contribution is 0.00465. The van der Waals surface area contributed by atoms with Gasteiger partial charge in [0.25, 0.3) is 0 Å². The van der Waals surface area contributed by atoms with E-state index in [0.29, 0.717) is 6.54 Å². The topological polar surface area (TPSA) is 60.4 Å². The monoisotopic (exact) mass is 503 g/mol. The minimum absolute atomic E-state index is 0.0908. The molecule has 1 fully saturated rings. The number of nitrogens with zero attached hydrogens (tertiary/aromatic N) is 1. The maximum Gasteiger partial charge on any atom is 0.127 e. The highest BCUT2D eigenvalue weighted by Gasteiger charge is 2.45. The van der Waals surface area contributed by atoms with Crippen LogP contribution < -0.4 is 14.2 Å². The second-order valence-corrected chi connectivity index (χ2v) is 10.4. The predicted molar refractivity (Wildman–Crippen MR) is 144 cm³/mol. The van der Waals surface area contributed by atoms with Crippen LogP contribution in [0.2, 0.25) is 0 Å². The molecule has 0 spiro atoms. The van der Waals surface area contributed by atoms with Gasteiger partial charge in [0.2, 0.25) is 0 Å². The van der Waals surface area contributed by atoms with Crippen LogP contribution in [0.4, 0.5) is 0 Å². The first-order valence-electron chi connectivity index (χ1n) is 13.1. The molecule has 3 atom stereocenters. The number of benzene rings is 3. The Hall–Kier alpha value is -3.06. The fourth-order valence-electron chi connectivity index (χ4n) is 5.64. The van der Waals surface area contributed by atoms with Gasteiger partial charge in [0.15, 0.2) is 0 Å². The molecule has 3 aromatic rings. The Bertz CT molecular complexity index is 1160. The standard InChI is InChI=1S/C31H37NO5/c1-31(2)30(23-7-5-4-6-8-23)29(27-14-13-26(34-3)19-28(27)37-31)22-9-11-25(12-10-22)36-21-24(33)20-32-15-17-35-18-16-32/h4-14,19,24,29-30,33H,15-18,20-21H2,1-3H3/t24-,29-,30+/m1/s1. The van der Waals surface area contributed by atoms with E-state index in [-0.39, 0.29) is 18.4 Å². The molecule has 196 valence electrons. The van der Waals surface area contributed by atoms with Crippen LogP contribution in [0.15, 0.2) is 72.8 Å². The maximum atomic E-state index is 10.5. The number of rotatable bonds is 8. The molecule has 2 heterocycles.